The molecule has 4 heterocycles. The molecule has 2 amide bonds. The maximum absolute atomic E-state index is 14.2. The van der Waals surface area contributed by atoms with Crippen LogP contribution in [0.4, 0.5) is 15.1 Å². The average molecular weight is 501 g/mol. The van der Waals surface area contributed by atoms with Crippen molar-refractivity contribution in [2.75, 3.05) is 25.1 Å². The van der Waals surface area contributed by atoms with E-state index in [1.54, 1.807) is 17.9 Å². The fraction of sp³-hybridized carbons (Fsp3) is 0.417. The zero-order valence-corrected chi connectivity index (χ0v) is 20.0. The quantitative estimate of drug-likeness (QED) is 0.545. The molecule has 2 aromatic heterocycles. The van der Waals surface area contributed by atoms with Crippen molar-refractivity contribution in [1.29, 1.82) is 0 Å². The number of nitrogens with one attached hydrogen (secondary N) is 2. The van der Waals surface area contributed by atoms with Gasteiger partial charge in [0, 0.05) is 38.9 Å². The topological polar surface area (TPSA) is 105 Å². The Kier molecular flexibility index (Phi) is 6.83. The maximum atomic E-state index is 14.2. The van der Waals surface area contributed by atoms with Gasteiger partial charge in [0.1, 0.15) is 11.9 Å². The standard InChI is InChI=1S/C24H26ClFN6O3/c1-14-27-12-21(35-14)22(15-2-3-18(25)19(26)10-15)31-24(33)32-7-4-16-11-28-23(30-20(16)13-32)29-17-5-8-34-9-6-17/h2-3,10-12,17,22H,4-9,13H2,1H3,(H,31,33)(H,28,29,30)/t22-/m1/s1. The second kappa shape index (κ2) is 10.2. The van der Waals surface area contributed by atoms with Crippen molar-refractivity contribution in [3.8, 4) is 0 Å². The van der Waals surface area contributed by atoms with Crippen LogP contribution in [0.25, 0.3) is 0 Å². The molecule has 3 aromatic rings. The van der Waals surface area contributed by atoms with Crippen LogP contribution in [0.1, 0.15) is 47.4 Å². The Balaban J connectivity index is 1.32. The summed E-state index contributed by atoms with van der Waals surface area (Å²) in [5, 5.41) is 6.34. The third kappa shape index (κ3) is 5.38. The number of ether oxygens (including phenoxy) is 1. The monoisotopic (exact) mass is 500 g/mol. The predicted octanol–water partition coefficient (Wildman–Crippen LogP) is 4.01. The first-order valence-electron chi connectivity index (χ1n) is 11.6. The minimum absolute atomic E-state index is 0.00469. The van der Waals surface area contributed by atoms with E-state index < -0.39 is 11.9 Å². The first-order valence-corrected chi connectivity index (χ1v) is 12.0. The van der Waals surface area contributed by atoms with Gasteiger partial charge >= 0.3 is 6.03 Å². The molecule has 0 radical (unpaired) electrons. The summed E-state index contributed by atoms with van der Waals surface area (Å²) in [5.41, 5.74) is 2.33. The van der Waals surface area contributed by atoms with E-state index in [4.69, 9.17) is 20.8 Å². The molecule has 2 aliphatic heterocycles. The molecule has 2 N–H and O–H groups in total. The lowest BCUT2D eigenvalue weighted by molar-refractivity contribution is 0.0903. The Hall–Kier alpha value is -3.24. The van der Waals surface area contributed by atoms with Crippen molar-refractivity contribution < 1.29 is 18.3 Å². The summed E-state index contributed by atoms with van der Waals surface area (Å²) >= 11 is 5.86. The van der Waals surface area contributed by atoms with E-state index in [1.807, 2.05) is 6.20 Å². The highest BCUT2D eigenvalue weighted by Gasteiger charge is 2.28. The fourth-order valence-corrected chi connectivity index (χ4v) is 4.42. The van der Waals surface area contributed by atoms with Gasteiger partial charge in [-0.2, -0.15) is 0 Å². The SMILES string of the molecule is Cc1ncc([C@H](NC(=O)N2CCc3cnc(NC4CCOCC4)nc3C2)c2ccc(Cl)c(F)c2)o1. The average Bonchev–Trinajstić information content (AvgIpc) is 3.30. The fourth-order valence-electron chi connectivity index (χ4n) is 4.31. The number of amides is 2. The van der Waals surface area contributed by atoms with Crippen LogP contribution in [-0.4, -0.2) is 51.7 Å². The van der Waals surface area contributed by atoms with Crippen molar-refractivity contribution in [3.05, 3.63) is 69.9 Å². The number of nitrogens with zero attached hydrogens (tertiary/aromatic N) is 4. The summed E-state index contributed by atoms with van der Waals surface area (Å²) < 4.78 is 25.3. The number of fused-ring (bicyclic) bond motifs is 1. The smallest absolute Gasteiger partial charge is 0.318 e. The molecule has 11 heteroatoms. The molecule has 2 aliphatic rings. The van der Waals surface area contributed by atoms with Gasteiger partial charge in [0.05, 0.1) is 23.5 Å². The van der Waals surface area contributed by atoms with E-state index in [2.05, 4.69) is 25.6 Å². The van der Waals surface area contributed by atoms with E-state index in [0.717, 1.165) is 37.3 Å². The highest BCUT2D eigenvalue weighted by atomic mass is 35.5. The highest BCUT2D eigenvalue weighted by Crippen LogP contribution is 2.27. The van der Waals surface area contributed by atoms with Gasteiger partial charge in [-0.25, -0.2) is 24.1 Å². The molecule has 1 aromatic carbocycles. The maximum Gasteiger partial charge on any atom is 0.318 e. The van der Waals surface area contributed by atoms with Crippen LogP contribution in [0.15, 0.2) is 35.0 Å². The molecule has 0 spiro atoms. The molecule has 1 atom stereocenters. The van der Waals surface area contributed by atoms with Crippen LogP contribution < -0.4 is 10.6 Å². The number of halogens is 2. The van der Waals surface area contributed by atoms with Gasteiger partial charge < -0.3 is 24.7 Å². The molecule has 184 valence electrons. The number of carbonyl (C=O) groups is 1. The molecular weight excluding hydrogens is 475 g/mol. The van der Waals surface area contributed by atoms with Crippen LogP contribution in [0.5, 0.6) is 0 Å². The lowest BCUT2D eigenvalue weighted by Crippen LogP contribution is -2.44. The Morgan fingerprint density at radius 2 is 2.09 bits per heavy atom. The number of anilines is 1. The Labute approximate surface area is 207 Å². The van der Waals surface area contributed by atoms with E-state index in [-0.39, 0.29) is 17.1 Å². The molecular formula is C24H26ClFN6O3. The van der Waals surface area contributed by atoms with Crippen LogP contribution in [0.2, 0.25) is 5.02 Å². The number of oxazole rings is 1. The lowest BCUT2D eigenvalue weighted by atomic mass is 10.0. The van der Waals surface area contributed by atoms with Crippen LogP contribution in [-0.2, 0) is 17.7 Å². The molecule has 0 unspecified atom stereocenters. The molecule has 0 saturated carbocycles. The number of hydrogen-bond donors (Lipinski definition) is 2. The van der Waals surface area contributed by atoms with Crippen LogP contribution in [0, 0.1) is 12.7 Å². The molecule has 35 heavy (non-hydrogen) atoms. The van der Waals surface area contributed by atoms with Crippen molar-refractivity contribution in [2.24, 2.45) is 0 Å². The number of benzene rings is 1. The molecule has 1 saturated heterocycles. The van der Waals surface area contributed by atoms with E-state index in [1.165, 1.54) is 18.3 Å². The minimum Gasteiger partial charge on any atom is -0.443 e. The van der Waals surface area contributed by atoms with Gasteiger partial charge in [0.2, 0.25) is 5.95 Å². The number of urea groups is 1. The summed E-state index contributed by atoms with van der Waals surface area (Å²) in [4.78, 5) is 28.2. The van der Waals surface area contributed by atoms with Gasteiger partial charge in [0.15, 0.2) is 11.7 Å². The number of rotatable bonds is 5. The third-order valence-electron chi connectivity index (χ3n) is 6.26. The lowest BCUT2D eigenvalue weighted by Gasteiger charge is -2.30. The second-order valence-electron chi connectivity index (χ2n) is 8.71. The largest absolute Gasteiger partial charge is 0.443 e. The zero-order valence-electron chi connectivity index (χ0n) is 19.3. The summed E-state index contributed by atoms with van der Waals surface area (Å²) in [6, 6.07) is 3.63. The summed E-state index contributed by atoms with van der Waals surface area (Å²) in [5.74, 6) is 0.833. The number of aryl methyl sites for hydroxylation is 1. The molecule has 0 bridgehead atoms. The second-order valence-corrected chi connectivity index (χ2v) is 9.11. The van der Waals surface area contributed by atoms with Gasteiger partial charge in [-0.3, -0.25) is 0 Å². The van der Waals surface area contributed by atoms with Gasteiger partial charge in [-0.05, 0) is 42.5 Å². The van der Waals surface area contributed by atoms with E-state index >= 15 is 0 Å². The Morgan fingerprint density at radius 1 is 1.26 bits per heavy atom. The first kappa shape index (κ1) is 23.5. The third-order valence-corrected chi connectivity index (χ3v) is 6.56. The molecule has 0 aliphatic carbocycles. The van der Waals surface area contributed by atoms with Crippen molar-refractivity contribution in [1.82, 2.24) is 25.2 Å². The Bertz CT molecular complexity index is 1220. The van der Waals surface area contributed by atoms with Crippen LogP contribution >= 0.6 is 11.6 Å². The normalized spacial score (nSPS) is 17.1. The number of aromatic nitrogens is 3. The van der Waals surface area contributed by atoms with E-state index in [0.29, 0.717) is 42.7 Å². The highest BCUT2D eigenvalue weighted by molar-refractivity contribution is 6.30. The zero-order chi connectivity index (χ0) is 24.4. The molecule has 5 rings (SSSR count). The predicted molar refractivity (Wildman–Crippen MR) is 127 cm³/mol. The molecule has 1 fully saturated rings. The summed E-state index contributed by atoms with van der Waals surface area (Å²) in [7, 11) is 0. The van der Waals surface area contributed by atoms with Crippen molar-refractivity contribution in [2.45, 2.75) is 44.8 Å². The van der Waals surface area contributed by atoms with Crippen LogP contribution in [0.3, 0.4) is 0 Å². The molecule has 9 nitrogen and oxygen atoms in total. The summed E-state index contributed by atoms with van der Waals surface area (Å²) in [6.07, 6.45) is 5.81. The van der Waals surface area contributed by atoms with Gasteiger partial charge in [-0.1, -0.05) is 17.7 Å². The number of hydrogen-bond acceptors (Lipinski definition) is 7. The van der Waals surface area contributed by atoms with Gasteiger partial charge in [-0.15, -0.1) is 0 Å². The summed E-state index contributed by atoms with van der Waals surface area (Å²) in [6.45, 7) is 3.99. The van der Waals surface area contributed by atoms with Crippen molar-refractivity contribution >= 4 is 23.6 Å². The minimum atomic E-state index is -0.729. The van der Waals surface area contributed by atoms with E-state index in [9.17, 15) is 9.18 Å². The first-order chi connectivity index (χ1) is 17.0. The van der Waals surface area contributed by atoms with Gasteiger partial charge in [0.25, 0.3) is 0 Å². The van der Waals surface area contributed by atoms with Crippen molar-refractivity contribution in [3.63, 3.8) is 0 Å². The Morgan fingerprint density at radius 3 is 2.83 bits per heavy atom. The number of carbonyl (C=O) groups excluding carboxylic acids is 1.